The molecule has 2 heterocycles. The van der Waals surface area contributed by atoms with Crippen molar-refractivity contribution in [2.45, 2.75) is 0 Å². The minimum Gasteiger partial charge on any atom is -0.345 e. The van der Waals surface area contributed by atoms with Gasteiger partial charge >= 0.3 is 0 Å². The maximum atomic E-state index is 4.26. The number of benzene rings is 3. The largest absolute Gasteiger partial charge is 0.345 e. The fourth-order valence-electron chi connectivity index (χ4n) is 3.09. The highest BCUT2D eigenvalue weighted by molar-refractivity contribution is 5.84. The molecule has 0 aliphatic carbocycles. The Morgan fingerprint density at radius 3 is 1.38 bits per heavy atom. The summed E-state index contributed by atoms with van der Waals surface area (Å²) in [6.45, 7) is 0. The number of fused-ring (bicyclic) bond motifs is 2. The monoisotopic (exact) mass is 310 g/mol. The molecule has 0 aliphatic heterocycles. The number of nitrogens with zero attached hydrogens (tertiary/aromatic N) is 2. The van der Waals surface area contributed by atoms with E-state index in [-0.39, 0.29) is 0 Å². The summed E-state index contributed by atoms with van der Waals surface area (Å²) >= 11 is 0. The summed E-state index contributed by atoms with van der Waals surface area (Å²) < 4.78 is 0. The molecule has 4 nitrogen and oxygen atoms in total. The summed E-state index contributed by atoms with van der Waals surface area (Å²) in [5, 5.41) is 0. The highest BCUT2D eigenvalue weighted by Crippen LogP contribution is 2.27. The van der Waals surface area contributed by atoms with Crippen LogP contribution in [-0.2, 0) is 0 Å². The number of hydrogen-bond donors (Lipinski definition) is 2. The Hall–Kier alpha value is -3.40. The smallest absolute Gasteiger partial charge is 0.0931 e. The van der Waals surface area contributed by atoms with E-state index in [1.54, 1.807) is 12.7 Å². The van der Waals surface area contributed by atoms with Crippen LogP contribution in [0.5, 0.6) is 0 Å². The highest BCUT2D eigenvalue weighted by Gasteiger charge is 2.04. The van der Waals surface area contributed by atoms with Crippen LogP contribution in [0.4, 0.5) is 0 Å². The van der Waals surface area contributed by atoms with Crippen molar-refractivity contribution in [1.29, 1.82) is 0 Å². The number of aromatic amines is 2. The Balaban J connectivity index is 1.53. The van der Waals surface area contributed by atoms with Gasteiger partial charge in [-0.1, -0.05) is 36.4 Å². The van der Waals surface area contributed by atoms with E-state index in [1.807, 2.05) is 12.1 Å². The maximum absolute atomic E-state index is 4.26. The molecule has 5 aromatic rings. The van der Waals surface area contributed by atoms with Gasteiger partial charge in [0.15, 0.2) is 0 Å². The molecule has 2 N–H and O–H groups in total. The van der Waals surface area contributed by atoms with Crippen LogP contribution in [0, 0.1) is 0 Å². The van der Waals surface area contributed by atoms with Crippen molar-refractivity contribution in [3.8, 4) is 22.3 Å². The molecule has 2 aromatic heterocycles. The average Bonchev–Trinajstić information content (AvgIpc) is 3.29. The van der Waals surface area contributed by atoms with Gasteiger partial charge in [0, 0.05) is 0 Å². The SMILES string of the molecule is c1nc2ccc(-c3ccc(-c4ccc5nc[nH]c5c4)cc3)cc2[nH]1. The lowest BCUT2D eigenvalue weighted by atomic mass is 10.00. The molecule has 0 fully saturated rings. The molecule has 5 rings (SSSR count). The quantitative estimate of drug-likeness (QED) is 0.493. The van der Waals surface area contributed by atoms with Crippen LogP contribution < -0.4 is 0 Å². The second-order valence-corrected chi connectivity index (χ2v) is 5.85. The molecule has 0 unspecified atom stereocenters. The zero-order chi connectivity index (χ0) is 15.9. The molecule has 0 radical (unpaired) electrons. The Kier molecular flexibility index (Phi) is 2.76. The van der Waals surface area contributed by atoms with E-state index in [1.165, 1.54) is 22.3 Å². The van der Waals surface area contributed by atoms with Gasteiger partial charge in [0.05, 0.1) is 34.7 Å². The molecule has 4 heteroatoms. The van der Waals surface area contributed by atoms with Crippen molar-refractivity contribution in [3.05, 3.63) is 73.3 Å². The molecule has 3 aromatic carbocycles. The Bertz CT molecular complexity index is 1060. The van der Waals surface area contributed by atoms with Crippen LogP contribution in [0.15, 0.2) is 73.3 Å². The van der Waals surface area contributed by atoms with Crippen molar-refractivity contribution >= 4 is 22.1 Å². The van der Waals surface area contributed by atoms with Crippen molar-refractivity contribution in [1.82, 2.24) is 19.9 Å². The molecular formula is C20H14N4. The van der Waals surface area contributed by atoms with Gasteiger partial charge in [-0.2, -0.15) is 0 Å². The van der Waals surface area contributed by atoms with E-state index in [0.717, 1.165) is 22.1 Å². The van der Waals surface area contributed by atoms with Gasteiger partial charge in [-0.3, -0.25) is 0 Å². The number of imidazole rings is 2. The summed E-state index contributed by atoms with van der Waals surface area (Å²) in [5.41, 5.74) is 8.84. The van der Waals surface area contributed by atoms with Crippen LogP contribution in [0.25, 0.3) is 44.3 Å². The van der Waals surface area contributed by atoms with Crippen LogP contribution in [0.3, 0.4) is 0 Å². The molecule has 24 heavy (non-hydrogen) atoms. The number of rotatable bonds is 2. The average molecular weight is 310 g/mol. The Morgan fingerprint density at radius 1 is 0.500 bits per heavy atom. The van der Waals surface area contributed by atoms with Gasteiger partial charge in [-0.25, -0.2) is 9.97 Å². The zero-order valence-electron chi connectivity index (χ0n) is 12.8. The lowest BCUT2D eigenvalue weighted by molar-refractivity contribution is 1.34. The molecule has 0 saturated heterocycles. The first kappa shape index (κ1) is 13.1. The zero-order valence-corrected chi connectivity index (χ0v) is 12.8. The minimum atomic E-state index is 0.989. The number of hydrogen-bond acceptors (Lipinski definition) is 2. The van der Waals surface area contributed by atoms with Crippen molar-refractivity contribution < 1.29 is 0 Å². The first-order valence-electron chi connectivity index (χ1n) is 7.84. The van der Waals surface area contributed by atoms with Gasteiger partial charge in [-0.15, -0.1) is 0 Å². The number of H-pyrrole nitrogens is 2. The molecule has 0 bridgehead atoms. The van der Waals surface area contributed by atoms with Crippen LogP contribution in [0.2, 0.25) is 0 Å². The topological polar surface area (TPSA) is 57.4 Å². The van der Waals surface area contributed by atoms with E-state index in [9.17, 15) is 0 Å². The molecule has 114 valence electrons. The highest BCUT2D eigenvalue weighted by atomic mass is 14.9. The molecular weight excluding hydrogens is 296 g/mol. The van der Waals surface area contributed by atoms with Gasteiger partial charge in [0.25, 0.3) is 0 Å². The molecule has 0 atom stereocenters. The fraction of sp³-hybridized carbons (Fsp3) is 0. The maximum Gasteiger partial charge on any atom is 0.0931 e. The summed E-state index contributed by atoms with van der Waals surface area (Å²) in [6, 6.07) is 21.2. The minimum absolute atomic E-state index is 0.989. The van der Waals surface area contributed by atoms with Crippen LogP contribution >= 0.6 is 0 Å². The first-order valence-corrected chi connectivity index (χ1v) is 7.84. The lowest BCUT2D eigenvalue weighted by Gasteiger charge is -2.05. The molecule has 0 saturated carbocycles. The summed E-state index contributed by atoms with van der Waals surface area (Å²) in [7, 11) is 0. The van der Waals surface area contributed by atoms with Crippen LogP contribution in [0.1, 0.15) is 0 Å². The van der Waals surface area contributed by atoms with Gasteiger partial charge in [-0.05, 0) is 46.5 Å². The molecule has 0 spiro atoms. The van der Waals surface area contributed by atoms with E-state index in [2.05, 4.69) is 68.5 Å². The van der Waals surface area contributed by atoms with Gasteiger partial charge in [0.1, 0.15) is 0 Å². The Morgan fingerprint density at radius 2 is 0.917 bits per heavy atom. The van der Waals surface area contributed by atoms with Crippen molar-refractivity contribution in [2.75, 3.05) is 0 Å². The van der Waals surface area contributed by atoms with E-state index >= 15 is 0 Å². The fourth-order valence-corrected chi connectivity index (χ4v) is 3.09. The van der Waals surface area contributed by atoms with E-state index in [4.69, 9.17) is 0 Å². The molecule has 0 aliphatic rings. The third-order valence-corrected chi connectivity index (χ3v) is 4.39. The second-order valence-electron chi connectivity index (χ2n) is 5.85. The summed E-state index contributed by atoms with van der Waals surface area (Å²) in [6.07, 6.45) is 3.45. The predicted molar refractivity (Wildman–Crippen MR) is 96.6 cm³/mol. The first-order chi connectivity index (χ1) is 11.9. The standard InChI is InChI=1S/C20H14N4/c1-2-14(16-6-8-18-20(10-16)24-12-22-18)4-3-13(1)15-5-7-17-19(9-15)23-11-21-17/h1-12H,(H,21,23)(H,22,24). The lowest BCUT2D eigenvalue weighted by Crippen LogP contribution is -1.81. The number of nitrogens with one attached hydrogen (secondary N) is 2. The normalized spacial score (nSPS) is 11.3. The predicted octanol–water partition coefficient (Wildman–Crippen LogP) is 4.77. The third-order valence-electron chi connectivity index (χ3n) is 4.39. The summed E-state index contributed by atoms with van der Waals surface area (Å²) in [4.78, 5) is 14.8. The van der Waals surface area contributed by atoms with Crippen molar-refractivity contribution in [3.63, 3.8) is 0 Å². The third kappa shape index (κ3) is 2.08. The molecule has 0 amide bonds. The van der Waals surface area contributed by atoms with E-state index < -0.39 is 0 Å². The van der Waals surface area contributed by atoms with Gasteiger partial charge < -0.3 is 9.97 Å². The summed E-state index contributed by atoms with van der Waals surface area (Å²) in [5.74, 6) is 0. The number of aromatic nitrogens is 4. The van der Waals surface area contributed by atoms with Crippen molar-refractivity contribution in [2.24, 2.45) is 0 Å². The van der Waals surface area contributed by atoms with Gasteiger partial charge in [0.2, 0.25) is 0 Å². The Labute approximate surface area is 138 Å². The van der Waals surface area contributed by atoms with E-state index in [0.29, 0.717) is 0 Å². The van der Waals surface area contributed by atoms with Crippen LogP contribution in [-0.4, -0.2) is 19.9 Å². The second kappa shape index (κ2) is 5.06.